The third kappa shape index (κ3) is 3.17. The SMILES string of the molecule is Cc1cc(Br)c(F)cc1Nc1ccc([N+](=O)[O-])cc1C#N. The van der Waals surface area contributed by atoms with Crippen molar-refractivity contribution in [3.05, 3.63) is 61.9 Å². The minimum Gasteiger partial charge on any atom is -0.354 e. The maximum atomic E-state index is 13.6. The lowest BCUT2D eigenvalue weighted by Crippen LogP contribution is -1.98. The fourth-order valence-electron chi connectivity index (χ4n) is 1.77. The van der Waals surface area contributed by atoms with Gasteiger partial charge in [-0.3, -0.25) is 10.1 Å². The van der Waals surface area contributed by atoms with Gasteiger partial charge in [0.05, 0.1) is 20.6 Å². The van der Waals surface area contributed by atoms with E-state index in [1.165, 1.54) is 24.3 Å². The molecule has 0 aromatic heterocycles. The van der Waals surface area contributed by atoms with Gasteiger partial charge >= 0.3 is 0 Å². The van der Waals surface area contributed by atoms with Crippen LogP contribution in [0.3, 0.4) is 0 Å². The van der Waals surface area contributed by atoms with Gasteiger partial charge in [0.1, 0.15) is 11.9 Å². The number of nitro benzene ring substituents is 1. The summed E-state index contributed by atoms with van der Waals surface area (Å²) in [4.78, 5) is 10.1. The Morgan fingerprint density at radius 2 is 2.05 bits per heavy atom. The van der Waals surface area contributed by atoms with Crippen LogP contribution in [0.5, 0.6) is 0 Å². The summed E-state index contributed by atoms with van der Waals surface area (Å²) in [6.45, 7) is 1.78. The Bertz CT molecular complexity index is 772. The summed E-state index contributed by atoms with van der Waals surface area (Å²) in [5.74, 6) is -0.441. The van der Waals surface area contributed by atoms with E-state index in [1.807, 2.05) is 6.07 Å². The molecule has 0 amide bonds. The maximum Gasteiger partial charge on any atom is 0.270 e. The van der Waals surface area contributed by atoms with Crippen LogP contribution < -0.4 is 5.32 Å². The number of anilines is 2. The summed E-state index contributed by atoms with van der Waals surface area (Å²) in [6.07, 6.45) is 0. The molecule has 106 valence electrons. The van der Waals surface area contributed by atoms with Crippen molar-refractivity contribution in [2.24, 2.45) is 0 Å². The van der Waals surface area contributed by atoms with Crippen molar-refractivity contribution in [3.63, 3.8) is 0 Å². The highest BCUT2D eigenvalue weighted by Crippen LogP contribution is 2.29. The molecule has 0 radical (unpaired) electrons. The van der Waals surface area contributed by atoms with E-state index in [1.54, 1.807) is 13.0 Å². The highest BCUT2D eigenvalue weighted by atomic mass is 79.9. The molecule has 0 spiro atoms. The van der Waals surface area contributed by atoms with Gasteiger partial charge in [-0.15, -0.1) is 0 Å². The van der Waals surface area contributed by atoms with E-state index in [0.29, 0.717) is 15.8 Å². The number of aryl methyl sites for hydroxylation is 1. The lowest BCUT2D eigenvalue weighted by molar-refractivity contribution is -0.384. The Labute approximate surface area is 128 Å². The number of nitrogens with one attached hydrogen (secondary N) is 1. The van der Waals surface area contributed by atoms with Crippen LogP contribution >= 0.6 is 15.9 Å². The number of nitrogens with zero attached hydrogens (tertiary/aromatic N) is 2. The molecule has 0 saturated carbocycles. The van der Waals surface area contributed by atoms with Gasteiger partial charge in [0, 0.05) is 17.8 Å². The van der Waals surface area contributed by atoms with E-state index >= 15 is 0 Å². The van der Waals surface area contributed by atoms with Crippen LogP contribution in [0, 0.1) is 34.2 Å². The quantitative estimate of drug-likeness (QED) is 0.656. The molecule has 0 aliphatic heterocycles. The van der Waals surface area contributed by atoms with Crippen LogP contribution in [0.15, 0.2) is 34.8 Å². The van der Waals surface area contributed by atoms with Gasteiger partial charge in [-0.25, -0.2) is 4.39 Å². The normalized spacial score (nSPS) is 10.0. The van der Waals surface area contributed by atoms with Crippen molar-refractivity contribution in [1.29, 1.82) is 5.26 Å². The van der Waals surface area contributed by atoms with Crippen LogP contribution in [0.4, 0.5) is 21.5 Å². The van der Waals surface area contributed by atoms with Crippen LogP contribution in [-0.2, 0) is 0 Å². The summed E-state index contributed by atoms with van der Waals surface area (Å²) in [6, 6.07) is 8.67. The summed E-state index contributed by atoms with van der Waals surface area (Å²) in [5, 5.41) is 22.7. The van der Waals surface area contributed by atoms with E-state index in [2.05, 4.69) is 21.2 Å². The Morgan fingerprint density at radius 3 is 2.67 bits per heavy atom. The minimum atomic E-state index is -0.574. The van der Waals surface area contributed by atoms with Crippen LogP contribution in [0.1, 0.15) is 11.1 Å². The van der Waals surface area contributed by atoms with E-state index < -0.39 is 10.7 Å². The van der Waals surface area contributed by atoms with Gasteiger partial charge in [-0.1, -0.05) is 0 Å². The molecule has 0 aliphatic rings. The number of benzene rings is 2. The number of nitriles is 1. The largest absolute Gasteiger partial charge is 0.354 e. The molecule has 0 aliphatic carbocycles. The van der Waals surface area contributed by atoms with Crippen LogP contribution in [-0.4, -0.2) is 4.92 Å². The first-order valence-electron chi connectivity index (χ1n) is 5.83. The van der Waals surface area contributed by atoms with Crippen molar-refractivity contribution in [1.82, 2.24) is 0 Å². The second-order valence-corrected chi connectivity index (χ2v) is 5.16. The van der Waals surface area contributed by atoms with E-state index in [0.717, 1.165) is 5.56 Å². The summed E-state index contributed by atoms with van der Waals surface area (Å²) in [5.41, 5.74) is 1.59. The van der Waals surface area contributed by atoms with Gasteiger partial charge in [0.15, 0.2) is 0 Å². The van der Waals surface area contributed by atoms with Gasteiger partial charge in [-0.2, -0.15) is 5.26 Å². The van der Waals surface area contributed by atoms with E-state index in [9.17, 15) is 14.5 Å². The highest BCUT2D eigenvalue weighted by molar-refractivity contribution is 9.10. The Balaban J connectivity index is 2.43. The standard InChI is InChI=1S/C14H9BrFN3O2/c1-8-4-11(15)12(16)6-14(8)18-13-3-2-10(19(20)21)5-9(13)7-17/h2-6,18H,1H3. The number of hydrogen-bond donors (Lipinski definition) is 1. The molecule has 21 heavy (non-hydrogen) atoms. The molecule has 2 rings (SSSR count). The molecular formula is C14H9BrFN3O2. The number of hydrogen-bond acceptors (Lipinski definition) is 4. The summed E-state index contributed by atoms with van der Waals surface area (Å²) < 4.78 is 13.9. The molecule has 0 heterocycles. The average Bonchev–Trinajstić information content (AvgIpc) is 2.44. The Morgan fingerprint density at radius 1 is 1.33 bits per heavy atom. The zero-order chi connectivity index (χ0) is 15.6. The monoisotopic (exact) mass is 349 g/mol. The van der Waals surface area contributed by atoms with Gasteiger partial charge in [0.25, 0.3) is 5.69 Å². The number of nitro groups is 1. The Kier molecular flexibility index (Phi) is 4.19. The highest BCUT2D eigenvalue weighted by Gasteiger charge is 2.12. The third-order valence-electron chi connectivity index (χ3n) is 2.87. The fraction of sp³-hybridized carbons (Fsp3) is 0.0714. The van der Waals surface area contributed by atoms with Crippen molar-refractivity contribution in [2.75, 3.05) is 5.32 Å². The van der Waals surface area contributed by atoms with Crippen molar-refractivity contribution in [2.45, 2.75) is 6.92 Å². The van der Waals surface area contributed by atoms with Gasteiger partial charge in [0.2, 0.25) is 0 Å². The minimum absolute atomic E-state index is 0.118. The van der Waals surface area contributed by atoms with Gasteiger partial charge < -0.3 is 5.32 Å². The molecule has 0 atom stereocenters. The lowest BCUT2D eigenvalue weighted by Gasteiger charge is -2.11. The van der Waals surface area contributed by atoms with Crippen molar-refractivity contribution in [3.8, 4) is 6.07 Å². The predicted molar refractivity (Wildman–Crippen MR) is 79.9 cm³/mol. The van der Waals surface area contributed by atoms with Crippen LogP contribution in [0.2, 0.25) is 0 Å². The molecule has 1 N–H and O–H groups in total. The molecular weight excluding hydrogens is 341 g/mol. The first kappa shape index (κ1) is 14.9. The van der Waals surface area contributed by atoms with E-state index in [-0.39, 0.29) is 11.3 Å². The molecule has 5 nitrogen and oxygen atoms in total. The average molecular weight is 350 g/mol. The topological polar surface area (TPSA) is 79.0 Å². The number of rotatable bonds is 3. The first-order valence-corrected chi connectivity index (χ1v) is 6.63. The van der Waals surface area contributed by atoms with Crippen LogP contribution in [0.25, 0.3) is 0 Å². The molecule has 0 saturated heterocycles. The second-order valence-electron chi connectivity index (χ2n) is 4.31. The Hall–Kier alpha value is -2.46. The maximum absolute atomic E-state index is 13.6. The zero-order valence-electron chi connectivity index (χ0n) is 10.9. The molecule has 0 fully saturated rings. The molecule has 2 aromatic rings. The van der Waals surface area contributed by atoms with Gasteiger partial charge in [-0.05, 0) is 46.6 Å². The number of non-ortho nitro benzene ring substituents is 1. The second kappa shape index (κ2) is 5.89. The molecule has 0 unspecified atom stereocenters. The smallest absolute Gasteiger partial charge is 0.270 e. The number of halogens is 2. The fourth-order valence-corrected chi connectivity index (χ4v) is 2.23. The van der Waals surface area contributed by atoms with Crippen molar-refractivity contribution < 1.29 is 9.31 Å². The zero-order valence-corrected chi connectivity index (χ0v) is 12.4. The molecule has 7 heteroatoms. The third-order valence-corrected chi connectivity index (χ3v) is 3.48. The molecule has 0 bridgehead atoms. The lowest BCUT2D eigenvalue weighted by atomic mass is 10.1. The first-order chi connectivity index (χ1) is 9.92. The van der Waals surface area contributed by atoms with E-state index in [4.69, 9.17) is 5.26 Å². The van der Waals surface area contributed by atoms with Crippen molar-refractivity contribution >= 4 is 33.0 Å². The summed E-state index contributed by atoms with van der Waals surface area (Å²) >= 11 is 3.09. The predicted octanol–water partition coefficient (Wildman–Crippen LogP) is 4.42. The molecule has 2 aromatic carbocycles. The summed E-state index contributed by atoms with van der Waals surface area (Å²) in [7, 11) is 0.